The quantitative estimate of drug-likeness (QED) is 0.831. The number of fused-ring (bicyclic) bond motifs is 1. The standard InChI is InChI=1S/C21H26N2O3/c1-4-17-13(2)19(16-11-7-8-12-18(16)23-17)21(25)26-14(3)20(24)22-15-9-5-6-10-15/h7-8,11-12,14-15H,4-6,9-10H2,1-3H3,(H,22,24). The van der Waals surface area contributed by atoms with Crippen LogP contribution in [0.15, 0.2) is 24.3 Å². The molecule has 5 heteroatoms. The third-order valence-corrected chi connectivity index (χ3v) is 5.13. The summed E-state index contributed by atoms with van der Waals surface area (Å²) in [6, 6.07) is 7.74. The van der Waals surface area contributed by atoms with Crippen molar-refractivity contribution in [3.63, 3.8) is 0 Å². The molecule has 138 valence electrons. The second-order valence-electron chi connectivity index (χ2n) is 6.97. The summed E-state index contributed by atoms with van der Waals surface area (Å²) >= 11 is 0. The van der Waals surface area contributed by atoms with Crippen LogP contribution >= 0.6 is 0 Å². The molecule has 2 aromatic rings. The van der Waals surface area contributed by atoms with E-state index in [1.165, 1.54) is 0 Å². The number of aromatic nitrogens is 1. The van der Waals surface area contributed by atoms with E-state index in [1.807, 2.05) is 38.1 Å². The minimum absolute atomic E-state index is 0.207. The molecule has 26 heavy (non-hydrogen) atoms. The number of pyridine rings is 1. The van der Waals surface area contributed by atoms with Crippen LogP contribution in [0.2, 0.25) is 0 Å². The molecule has 0 saturated heterocycles. The Morgan fingerprint density at radius 2 is 1.96 bits per heavy atom. The molecule has 1 aromatic carbocycles. The number of hydrogen-bond acceptors (Lipinski definition) is 4. The van der Waals surface area contributed by atoms with Gasteiger partial charge >= 0.3 is 5.97 Å². The summed E-state index contributed by atoms with van der Waals surface area (Å²) in [6.45, 7) is 5.52. The lowest BCUT2D eigenvalue weighted by molar-refractivity contribution is -0.129. The van der Waals surface area contributed by atoms with Gasteiger partial charge in [0.15, 0.2) is 6.10 Å². The lowest BCUT2D eigenvalue weighted by atomic mass is 10.0. The minimum Gasteiger partial charge on any atom is -0.449 e. The molecule has 0 bridgehead atoms. The van der Waals surface area contributed by atoms with Crippen LogP contribution < -0.4 is 5.32 Å². The number of carbonyl (C=O) groups excluding carboxylic acids is 2. The van der Waals surface area contributed by atoms with Crippen molar-refractivity contribution in [2.75, 3.05) is 0 Å². The van der Waals surface area contributed by atoms with Gasteiger partial charge in [-0.25, -0.2) is 4.79 Å². The number of aryl methyl sites for hydroxylation is 1. The van der Waals surface area contributed by atoms with E-state index < -0.39 is 12.1 Å². The van der Waals surface area contributed by atoms with Crippen molar-refractivity contribution in [3.05, 3.63) is 41.1 Å². The first-order valence-corrected chi connectivity index (χ1v) is 9.40. The number of benzene rings is 1. The molecule has 3 rings (SSSR count). The lowest BCUT2D eigenvalue weighted by Gasteiger charge is -2.19. The fourth-order valence-electron chi connectivity index (χ4n) is 3.63. The molecular weight excluding hydrogens is 328 g/mol. The van der Waals surface area contributed by atoms with Crippen molar-refractivity contribution in [1.29, 1.82) is 0 Å². The number of carbonyl (C=O) groups is 2. The molecule has 1 fully saturated rings. The average molecular weight is 354 g/mol. The van der Waals surface area contributed by atoms with Gasteiger partial charge < -0.3 is 10.1 Å². The molecule has 1 N–H and O–H groups in total. The molecule has 0 radical (unpaired) electrons. The van der Waals surface area contributed by atoms with E-state index in [9.17, 15) is 9.59 Å². The molecule has 0 spiro atoms. The lowest BCUT2D eigenvalue weighted by Crippen LogP contribution is -2.41. The first-order valence-electron chi connectivity index (χ1n) is 9.40. The number of para-hydroxylation sites is 1. The van der Waals surface area contributed by atoms with Gasteiger partial charge in [-0.3, -0.25) is 9.78 Å². The van der Waals surface area contributed by atoms with Crippen molar-refractivity contribution in [1.82, 2.24) is 10.3 Å². The van der Waals surface area contributed by atoms with Gasteiger partial charge in [-0.1, -0.05) is 38.0 Å². The van der Waals surface area contributed by atoms with Crippen molar-refractivity contribution in [3.8, 4) is 0 Å². The molecule has 0 aliphatic heterocycles. The number of esters is 1. The smallest absolute Gasteiger partial charge is 0.339 e. The minimum atomic E-state index is -0.820. The van der Waals surface area contributed by atoms with Crippen LogP contribution in [-0.2, 0) is 16.0 Å². The third-order valence-electron chi connectivity index (χ3n) is 5.13. The molecule has 1 aromatic heterocycles. The van der Waals surface area contributed by atoms with Crippen molar-refractivity contribution in [2.24, 2.45) is 0 Å². The Kier molecular flexibility index (Phi) is 5.55. The van der Waals surface area contributed by atoms with E-state index >= 15 is 0 Å². The maximum atomic E-state index is 12.9. The van der Waals surface area contributed by atoms with Gasteiger partial charge in [0.1, 0.15) is 0 Å². The normalized spacial score (nSPS) is 15.8. The largest absolute Gasteiger partial charge is 0.449 e. The zero-order valence-electron chi connectivity index (χ0n) is 15.7. The summed E-state index contributed by atoms with van der Waals surface area (Å²) in [6.07, 6.45) is 4.19. The summed E-state index contributed by atoms with van der Waals surface area (Å²) in [5.74, 6) is -0.693. The summed E-state index contributed by atoms with van der Waals surface area (Å²) in [5.41, 5.74) is 2.97. The Morgan fingerprint density at radius 1 is 1.27 bits per heavy atom. The highest BCUT2D eigenvalue weighted by molar-refractivity contribution is 6.05. The average Bonchev–Trinajstić information content (AvgIpc) is 3.13. The predicted molar refractivity (Wildman–Crippen MR) is 101 cm³/mol. The highest BCUT2D eigenvalue weighted by Crippen LogP contribution is 2.25. The Balaban J connectivity index is 1.82. The Morgan fingerprint density at radius 3 is 2.65 bits per heavy atom. The summed E-state index contributed by atoms with van der Waals surface area (Å²) in [7, 11) is 0. The van der Waals surface area contributed by atoms with Gasteiger partial charge in [-0.2, -0.15) is 0 Å². The van der Waals surface area contributed by atoms with Gasteiger partial charge in [-0.15, -0.1) is 0 Å². The van der Waals surface area contributed by atoms with Gasteiger partial charge in [0, 0.05) is 17.1 Å². The van der Waals surface area contributed by atoms with E-state index in [0.29, 0.717) is 5.56 Å². The molecule has 1 atom stereocenters. The zero-order valence-corrected chi connectivity index (χ0v) is 15.7. The Labute approximate surface area is 154 Å². The number of ether oxygens (including phenoxy) is 1. The predicted octanol–water partition coefficient (Wildman–Crippen LogP) is 3.71. The highest BCUT2D eigenvalue weighted by Gasteiger charge is 2.25. The number of nitrogens with zero attached hydrogens (tertiary/aromatic N) is 1. The van der Waals surface area contributed by atoms with Gasteiger partial charge in [0.25, 0.3) is 5.91 Å². The molecule has 1 amide bonds. The van der Waals surface area contributed by atoms with Gasteiger partial charge in [0.05, 0.1) is 11.1 Å². The first-order chi connectivity index (χ1) is 12.5. The van der Waals surface area contributed by atoms with E-state index in [1.54, 1.807) is 6.92 Å². The van der Waals surface area contributed by atoms with E-state index in [0.717, 1.165) is 54.3 Å². The zero-order chi connectivity index (χ0) is 18.7. The summed E-state index contributed by atoms with van der Waals surface area (Å²) in [5, 5.41) is 3.74. The van der Waals surface area contributed by atoms with Gasteiger partial charge in [-0.05, 0) is 44.7 Å². The first kappa shape index (κ1) is 18.4. The molecule has 5 nitrogen and oxygen atoms in total. The molecule has 1 unspecified atom stereocenters. The van der Waals surface area contributed by atoms with E-state index in [2.05, 4.69) is 10.3 Å². The SMILES string of the molecule is CCc1nc2ccccc2c(C(=O)OC(C)C(=O)NC2CCCC2)c1C. The van der Waals surface area contributed by atoms with Crippen LogP contribution in [0.1, 0.15) is 61.1 Å². The number of amides is 1. The summed E-state index contributed by atoms with van der Waals surface area (Å²) < 4.78 is 5.52. The van der Waals surface area contributed by atoms with E-state index in [-0.39, 0.29) is 11.9 Å². The monoisotopic (exact) mass is 354 g/mol. The van der Waals surface area contributed by atoms with Crippen LogP contribution in [0.4, 0.5) is 0 Å². The van der Waals surface area contributed by atoms with Crippen LogP contribution in [0.3, 0.4) is 0 Å². The molecule has 1 saturated carbocycles. The summed E-state index contributed by atoms with van der Waals surface area (Å²) in [4.78, 5) is 29.8. The van der Waals surface area contributed by atoms with Crippen LogP contribution in [-0.4, -0.2) is 29.0 Å². The Bertz CT molecular complexity index is 825. The second-order valence-corrected chi connectivity index (χ2v) is 6.97. The maximum absolute atomic E-state index is 12.9. The fourth-order valence-corrected chi connectivity index (χ4v) is 3.63. The number of nitrogens with one attached hydrogen (secondary N) is 1. The van der Waals surface area contributed by atoms with Crippen LogP contribution in [0.25, 0.3) is 10.9 Å². The fraction of sp³-hybridized carbons (Fsp3) is 0.476. The maximum Gasteiger partial charge on any atom is 0.339 e. The second kappa shape index (κ2) is 7.85. The number of hydrogen-bond donors (Lipinski definition) is 1. The molecule has 1 heterocycles. The number of rotatable bonds is 5. The molecule has 1 aliphatic rings. The van der Waals surface area contributed by atoms with Gasteiger partial charge in [0.2, 0.25) is 0 Å². The molecule has 1 aliphatic carbocycles. The topological polar surface area (TPSA) is 68.3 Å². The van der Waals surface area contributed by atoms with Crippen molar-refractivity contribution in [2.45, 2.75) is 65.0 Å². The highest BCUT2D eigenvalue weighted by atomic mass is 16.5. The molecular formula is C21H26N2O3. The third kappa shape index (κ3) is 3.71. The van der Waals surface area contributed by atoms with Crippen LogP contribution in [0, 0.1) is 6.92 Å². The van der Waals surface area contributed by atoms with Crippen LogP contribution in [0.5, 0.6) is 0 Å². The van der Waals surface area contributed by atoms with Crippen molar-refractivity contribution < 1.29 is 14.3 Å². The Hall–Kier alpha value is -2.43. The van der Waals surface area contributed by atoms with Crippen molar-refractivity contribution >= 4 is 22.8 Å². The van der Waals surface area contributed by atoms with E-state index in [4.69, 9.17) is 4.74 Å².